The molecule has 0 radical (unpaired) electrons. The maximum Gasteiger partial charge on any atom is 0.246 e. The Balaban J connectivity index is 2.32. The molecule has 0 aromatic carbocycles. The second-order valence-corrected chi connectivity index (χ2v) is 6.18. The van der Waals surface area contributed by atoms with Gasteiger partial charge in [-0.3, -0.25) is 4.79 Å². The normalized spacial score (nSPS) is 20.4. The Morgan fingerprint density at radius 3 is 2.94 bits per heavy atom. The van der Waals surface area contributed by atoms with E-state index in [4.69, 9.17) is 0 Å². The highest BCUT2D eigenvalue weighted by molar-refractivity contribution is 7.90. The van der Waals surface area contributed by atoms with E-state index < -0.39 is 15.9 Å². The highest BCUT2D eigenvalue weighted by Gasteiger charge is 2.34. The third-order valence-corrected chi connectivity index (χ3v) is 3.90. The van der Waals surface area contributed by atoms with Crippen LogP contribution in [0.2, 0.25) is 0 Å². The maximum atomic E-state index is 12.1. The van der Waals surface area contributed by atoms with E-state index in [0.29, 0.717) is 19.5 Å². The maximum absolute atomic E-state index is 12.1. The average Bonchev–Trinajstić information content (AvgIpc) is 2.86. The fraction of sp³-hybridized carbons (Fsp3) is 0.455. The minimum Gasteiger partial charge on any atom is -0.337 e. The first-order chi connectivity index (χ1) is 8.45. The van der Waals surface area contributed by atoms with E-state index >= 15 is 0 Å². The summed E-state index contributed by atoms with van der Waals surface area (Å²) in [5, 5.41) is -0.0543. The number of carbonyl (C=O) groups is 1. The van der Waals surface area contributed by atoms with Crippen molar-refractivity contribution in [2.24, 2.45) is 0 Å². The van der Waals surface area contributed by atoms with Gasteiger partial charge in [0, 0.05) is 31.7 Å². The number of carbonyl (C=O) groups excluding carboxylic acids is 1. The summed E-state index contributed by atoms with van der Waals surface area (Å²) in [5.41, 5.74) is 0. The number of hydrogen-bond donors (Lipinski definition) is 0. The van der Waals surface area contributed by atoms with Crippen LogP contribution in [-0.2, 0) is 14.6 Å². The van der Waals surface area contributed by atoms with Crippen molar-refractivity contribution in [1.82, 2.24) is 14.5 Å². The van der Waals surface area contributed by atoms with Crippen LogP contribution in [0.5, 0.6) is 0 Å². The van der Waals surface area contributed by atoms with Gasteiger partial charge in [-0.2, -0.15) is 0 Å². The zero-order valence-corrected chi connectivity index (χ0v) is 10.9. The minimum absolute atomic E-state index is 0.0543. The molecule has 0 saturated carbocycles. The Bertz CT molecular complexity index is 576. The lowest BCUT2D eigenvalue weighted by Gasteiger charge is -2.15. The monoisotopic (exact) mass is 269 g/mol. The van der Waals surface area contributed by atoms with Gasteiger partial charge in [-0.15, -0.1) is 6.58 Å². The molecule has 2 heterocycles. The summed E-state index contributed by atoms with van der Waals surface area (Å²) < 4.78 is 24.6. The molecular weight excluding hydrogens is 254 g/mol. The van der Waals surface area contributed by atoms with Crippen molar-refractivity contribution >= 4 is 15.7 Å². The largest absolute Gasteiger partial charge is 0.337 e. The van der Waals surface area contributed by atoms with Crippen molar-refractivity contribution in [2.45, 2.75) is 17.6 Å². The van der Waals surface area contributed by atoms with Crippen LogP contribution in [0.3, 0.4) is 0 Å². The van der Waals surface area contributed by atoms with Gasteiger partial charge in [0.25, 0.3) is 0 Å². The summed E-state index contributed by atoms with van der Waals surface area (Å²) in [5.74, 6) is -0.0854. The molecular formula is C11H15N3O3S. The number of aromatic nitrogens is 2. The van der Waals surface area contributed by atoms with Crippen LogP contribution in [-0.4, -0.2) is 48.1 Å². The SMILES string of the molecule is C=CCN1CCC(n2ccnc2S(C)(=O)=O)C1=O. The molecule has 1 aromatic heterocycles. The smallest absolute Gasteiger partial charge is 0.246 e. The Kier molecular flexibility index (Phi) is 3.25. The number of nitrogens with zero attached hydrogens (tertiary/aromatic N) is 3. The minimum atomic E-state index is -3.42. The van der Waals surface area contributed by atoms with Gasteiger partial charge in [0.1, 0.15) is 6.04 Å². The predicted molar refractivity (Wildman–Crippen MR) is 65.8 cm³/mol. The standard InChI is InChI=1S/C11H15N3O3S/c1-3-6-13-7-4-9(10(13)15)14-8-5-12-11(14)18(2,16)17/h3,5,8-9H,1,4,6-7H2,2H3. The molecule has 6 nitrogen and oxygen atoms in total. The van der Waals surface area contributed by atoms with Crippen molar-refractivity contribution in [1.29, 1.82) is 0 Å². The molecule has 7 heteroatoms. The van der Waals surface area contributed by atoms with E-state index in [-0.39, 0.29) is 11.1 Å². The van der Waals surface area contributed by atoms with Gasteiger partial charge in [-0.1, -0.05) is 6.08 Å². The molecule has 1 fully saturated rings. The molecule has 98 valence electrons. The van der Waals surface area contributed by atoms with E-state index in [1.165, 1.54) is 17.0 Å². The quantitative estimate of drug-likeness (QED) is 0.734. The van der Waals surface area contributed by atoms with Gasteiger partial charge in [-0.25, -0.2) is 13.4 Å². The molecule has 1 atom stereocenters. The Morgan fingerprint density at radius 2 is 2.33 bits per heavy atom. The molecule has 0 spiro atoms. The number of imidazole rings is 1. The molecule has 1 unspecified atom stereocenters. The van der Waals surface area contributed by atoms with E-state index in [1.54, 1.807) is 11.0 Å². The van der Waals surface area contributed by atoms with Crippen molar-refractivity contribution < 1.29 is 13.2 Å². The third-order valence-electron chi connectivity index (χ3n) is 2.92. The summed E-state index contributed by atoms with van der Waals surface area (Å²) in [6.07, 6.45) is 6.28. The fourth-order valence-corrected chi connectivity index (χ4v) is 2.96. The second-order valence-electron chi connectivity index (χ2n) is 4.27. The van der Waals surface area contributed by atoms with Gasteiger partial charge in [0.2, 0.25) is 20.9 Å². The second kappa shape index (κ2) is 4.56. The molecule has 1 saturated heterocycles. The zero-order chi connectivity index (χ0) is 13.3. The van der Waals surface area contributed by atoms with Gasteiger partial charge in [-0.05, 0) is 6.42 Å². The highest BCUT2D eigenvalue weighted by Crippen LogP contribution is 2.25. The summed E-state index contributed by atoms with van der Waals surface area (Å²) in [6, 6.07) is -0.475. The number of sulfone groups is 1. The van der Waals surface area contributed by atoms with Crippen LogP contribution < -0.4 is 0 Å². The van der Waals surface area contributed by atoms with Crippen LogP contribution in [0.4, 0.5) is 0 Å². The number of likely N-dealkylation sites (tertiary alicyclic amines) is 1. The first-order valence-corrected chi connectivity index (χ1v) is 7.47. The van der Waals surface area contributed by atoms with Gasteiger partial charge in [0.05, 0.1) is 0 Å². The van der Waals surface area contributed by atoms with E-state index in [2.05, 4.69) is 11.6 Å². The van der Waals surface area contributed by atoms with E-state index in [9.17, 15) is 13.2 Å². The fourth-order valence-electron chi connectivity index (χ4n) is 2.14. The summed E-state index contributed by atoms with van der Waals surface area (Å²) >= 11 is 0. The van der Waals surface area contributed by atoms with Crippen LogP contribution in [0.15, 0.2) is 30.2 Å². The topological polar surface area (TPSA) is 72.3 Å². The van der Waals surface area contributed by atoms with E-state index in [0.717, 1.165) is 6.26 Å². The molecule has 18 heavy (non-hydrogen) atoms. The van der Waals surface area contributed by atoms with Crippen LogP contribution in [0, 0.1) is 0 Å². The number of amides is 1. The summed E-state index contributed by atoms with van der Waals surface area (Å²) in [6.45, 7) is 4.69. The van der Waals surface area contributed by atoms with Gasteiger partial charge >= 0.3 is 0 Å². The molecule has 1 aliphatic heterocycles. The molecule has 1 aliphatic rings. The van der Waals surface area contributed by atoms with Crippen LogP contribution >= 0.6 is 0 Å². The van der Waals surface area contributed by atoms with Gasteiger partial charge in [0.15, 0.2) is 0 Å². The lowest BCUT2D eigenvalue weighted by atomic mass is 10.2. The van der Waals surface area contributed by atoms with Crippen molar-refractivity contribution in [3.05, 3.63) is 25.0 Å². The number of rotatable bonds is 4. The first kappa shape index (κ1) is 12.8. The van der Waals surface area contributed by atoms with E-state index in [1.807, 2.05) is 0 Å². The van der Waals surface area contributed by atoms with Crippen molar-refractivity contribution in [3.63, 3.8) is 0 Å². The average molecular weight is 269 g/mol. The zero-order valence-electron chi connectivity index (χ0n) is 10.1. The van der Waals surface area contributed by atoms with Crippen molar-refractivity contribution in [2.75, 3.05) is 19.3 Å². The summed E-state index contributed by atoms with van der Waals surface area (Å²) in [4.78, 5) is 17.6. The van der Waals surface area contributed by atoms with Gasteiger partial charge < -0.3 is 9.47 Å². The first-order valence-electron chi connectivity index (χ1n) is 5.57. The molecule has 1 amide bonds. The molecule has 0 bridgehead atoms. The Morgan fingerprint density at radius 1 is 1.61 bits per heavy atom. The lowest BCUT2D eigenvalue weighted by molar-refractivity contribution is -0.130. The third kappa shape index (κ3) is 2.17. The van der Waals surface area contributed by atoms with Crippen LogP contribution in [0.1, 0.15) is 12.5 Å². The predicted octanol–water partition coefficient (Wildman–Crippen LogP) is 0.246. The Labute approximate surface area is 106 Å². The Hall–Kier alpha value is -1.63. The number of hydrogen-bond acceptors (Lipinski definition) is 4. The molecule has 2 rings (SSSR count). The highest BCUT2D eigenvalue weighted by atomic mass is 32.2. The molecule has 0 N–H and O–H groups in total. The summed E-state index contributed by atoms with van der Waals surface area (Å²) in [7, 11) is -3.42. The molecule has 1 aromatic rings. The van der Waals surface area contributed by atoms with Crippen LogP contribution in [0.25, 0.3) is 0 Å². The molecule has 0 aliphatic carbocycles. The lowest BCUT2D eigenvalue weighted by Crippen LogP contribution is -2.29. The van der Waals surface area contributed by atoms with Crippen molar-refractivity contribution in [3.8, 4) is 0 Å².